The van der Waals surface area contributed by atoms with Crippen molar-refractivity contribution in [2.45, 2.75) is 13.1 Å². The van der Waals surface area contributed by atoms with Crippen molar-refractivity contribution in [3.05, 3.63) is 53.7 Å². The van der Waals surface area contributed by atoms with Crippen LogP contribution in [0.3, 0.4) is 0 Å². The number of alkyl halides is 3. The predicted molar refractivity (Wildman–Crippen MR) is 90.7 cm³/mol. The van der Waals surface area contributed by atoms with Gasteiger partial charge in [0.1, 0.15) is 0 Å². The zero-order valence-corrected chi connectivity index (χ0v) is 13.9. The molecule has 0 bridgehead atoms. The summed E-state index contributed by atoms with van der Waals surface area (Å²) in [5, 5.41) is 2.89. The Morgan fingerprint density at radius 3 is 2.58 bits per heavy atom. The molecule has 0 aliphatic rings. The number of rotatable bonds is 2. The van der Waals surface area contributed by atoms with Crippen LogP contribution in [0.15, 0.2) is 42.6 Å². The molecular formula is C18H14F3N3O2. The molecule has 0 fully saturated rings. The minimum Gasteiger partial charge on any atom is -0.453 e. The highest BCUT2D eigenvalue weighted by Crippen LogP contribution is 2.31. The molecule has 0 radical (unpaired) electrons. The average Bonchev–Trinajstić information content (AvgIpc) is 2.61. The number of anilines is 1. The second-order valence-electron chi connectivity index (χ2n) is 5.61. The van der Waals surface area contributed by atoms with E-state index < -0.39 is 17.8 Å². The molecule has 0 aliphatic heterocycles. The average molecular weight is 361 g/mol. The van der Waals surface area contributed by atoms with Crippen LogP contribution < -0.4 is 5.32 Å². The molecule has 2 aromatic carbocycles. The van der Waals surface area contributed by atoms with Crippen molar-refractivity contribution in [3.8, 4) is 11.4 Å². The standard InChI is InChI=1S/C18H14F3N3O2/c1-10-7-11(3-5-14(10)24-17(25)26-2)16-22-9-12-8-13(18(19,20)21)4-6-15(12)23-16/h3-9H,1-2H3,(H,24,25). The summed E-state index contributed by atoms with van der Waals surface area (Å²) in [5.41, 5.74) is 1.70. The van der Waals surface area contributed by atoms with Crippen molar-refractivity contribution in [1.82, 2.24) is 9.97 Å². The molecule has 0 saturated heterocycles. The molecule has 1 amide bonds. The van der Waals surface area contributed by atoms with Crippen LogP contribution in [0.4, 0.5) is 23.7 Å². The van der Waals surface area contributed by atoms with Crippen LogP contribution in [0.25, 0.3) is 22.3 Å². The van der Waals surface area contributed by atoms with Crippen molar-refractivity contribution in [2.75, 3.05) is 12.4 Å². The first-order valence-corrected chi connectivity index (χ1v) is 7.58. The van der Waals surface area contributed by atoms with Gasteiger partial charge in [-0.2, -0.15) is 13.2 Å². The molecule has 134 valence electrons. The summed E-state index contributed by atoms with van der Waals surface area (Å²) in [6.45, 7) is 1.80. The summed E-state index contributed by atoms with van der Waals surface area (Å²) in [6.07, 6.45) is -3.63. The van der Waals surface area contributed by atoms with Crippen LogP contribution in [-0.2, 0) is 10.9 Å². The van der Waals surface area contributed by atoms with Crippen LogP contribution in [-0.4, -0.2) is 23.2 Å². The minimum absolute atomic E-state index is 0.310. The number of benzene rings is 2. The molecule has 26 heavy (non-hydrogen) atoms. The van der Waals surface area contributed by atoms with Gasteiger partial charge in [-0.1, -0.05) is 0 Å². The molecule has 0 unspecified atom stereocenters. The lowest BCUT2D eigenvalue weighted by atomic mass is 10.1. The first kappa shape index (κ1) is 17.7. The van der Waals surface area contributed by atoms with Gasteiger partial charge in [-0.25, -0.2) is 14.8 Å². The number of carbonyl (C=O) groups is 1. The number of nitrogens with zero attached hydrogens (tertiary/aromatic N) is 2. The van der Waals surface area contributed by atoms with Crippen molar-refractivity contribution < 1.29 is 22.7 Å². The van der Waals surface area contributed by atoms with E-state index in [2.05, 4.69) is 20.0 Å². The molecule has 0 spiro atoms. The largest absolute Gasteiger partial charge is 0.453 e. The van der Waals surface area contributed by atoms with Crippen molar-refractivity contribution in [1.29, 1.82) is 0 Å². The second kappa shape index (κ2) is 6.62. The summed E-state index contributed by atoms with van der Waals surface area (Å²) in [6, 6.07) is 8.51. The van der Waals surface area contributed by atoms with E-state index in [1.165, 1.54) is 19.4 Å². The Labute approximate surface area is 146 Å². The monoisotopic (exact) mass is 361 g/mol. The summed E-state index contributed by atoms with van der Waals surface area (Å²) < 4.78 is 42.9. The van der Waals surface area contributed by atoms with E-state index in [0.29, 0.717) is 28.0 Å². The number of amides is 1. The smallest absolute Gasteiger partial charge is 0.416 e. The summed E-state index contributed by atoms with van der Waals surface area (Å²) in [7, 11) is 1.27. The van der Waals surface area contributed by atoms with Gasteiger partial charge in [0, 0.05) is 22.8 Å². The van der Waals surface area contributed by atoms with Crippen molar-refractivity contribution in [3.63, 3.8) is 0 Å². The molecule has 0 atom stereocenters. The quantitative estimate of drug-likeness (QED) is 0.712. The normalized spacial score (nSPS) is 11.4. The van der Waals surface area contributed by atoms with Gasteiger partial charge in [-0.15, -0.1) is 0 Å². The minimum atomic E-state index is -4.41. The molecule has 1 N–H and O–H groups in total. The fourth-order valence-electron chi connectivity index (χ4n) is 2.45. The van der Waals surface area contributed by atoms with E-state index in [1.807, 2.05) is 0 Å². The fourth-order valence-corrected chi connectivity index (χ4v) is 2.45. The van der Waals surface area contributed by atoms with Crippen LogP contribution in [0.2, 0.25) is 0 Å². The number of hydrogen-bond acceptors (Lipinski definition) is 4. The van der Waals surface area contributed by atoms with Crippen LogP contribution in [0.1, 0.15) is 11.1 Å². The van der Waals surface area contributed by atoms with Gasteiger partial charge in [-0.05, 0) is 48.9 Å². The number of ether oxygens (including phenoxy) is 1. The van der Waals surface area contributed by atoms with Gasteiger partial charge in [0.05, 0.1) is 18.2 Å². The van der Waals surface area contributed by atoms with E-state index in [-0.39, 0.29) is 0 Å². The van der Waals surface area contributed by atoms with Gasteiger partial charge >= 0.3 is 12.3 Å². The Morgan fingerprint density at radius 2 is 1.92 bits per heavy atom. The Hall–Kier alpha value is -3.16. The summed E-state index contributed by atoms with van der Waals surface area (Å²) in [5.74, 6) is 0.380. The predicted octanol–water partition coefficient (Wildman–Crippen LogP) is 4.80. The third-order valence-electron chi connectivity index (χ3n) is 3.81. The number of aromatic nitrogens is 2. The summed E-state index contributed by atoms with van der Waals surface area (Å²) in [4.78, 5) is 19.8. The number of halogens is 3. The van der Waals surface area contributed by atoms with Crippen molar-refractivity contribution >= 4 is 22.7 Å². The number of aryl methyl sites for hydroxylation is 1. The molecule has 5 nitrogen and oxygen atoms in total. The highest BCUT2D eigenvalue weighted by atomic mass is 19.4. The van der Waals surface area contributed by atoms with Crippen LogP contribution >= 0.6 is 0 Å². The van der Waals surface area contributed by atoms with Crippen molar-refractivity contribution in [2.24, 2.45) is 0 Å². The fraction of sp³-hybridized carbons (Fsp3) is 0.167. The highest BCUT2D eigenvalue weighted by Gasteiger charge is 2.30. The van der Waals surface area contributed by atoms with E-state index in [1.54, 1.807) is 25.1 Å². The lowest BCUT2D eigenvalue weighted by Crippen LogP contribution is -2.11. The van der Waals surface area contributed by atoms with Crippen LogP contribution in [0.5, 0.6) is 0 Å². The number of methoxy groups -OCH3 is 1. The molecular weight excluding hydrogens is 347 g/mol. The molecule has 0 aliphatic carbocycles. The van der Waals surface area contributed by atoms with Gasteiger partial charge in [0.2, 0.25) is 0 Å². The van der Waals surface area contributed by atoms with Gasteiger partial charge < -0.3 is 4.74 Å². The van der Waals surface area contributed by atoms with E-state index in [9.17, 15) is 18.0 Å². The van der Waals surface area contributed by atoms with E-state index >= 15 is 0 Å². The maximum Gasteiger partial charge on any atom is 0.416 e. The van der Waals surface area contributed by atoms with E-state index in [4.69, 9.17) is 0 Å². The molecule has 1 heterocycles. The number of hydrogen-bond donors (Lipinski definition) is 1. The Kier molecular flexibility index (Phi) is 4.50. The SMILES string of the molecule is COC(=O)Nc1ccc(-c2ncc3cc(C(F)(F)F)ccc3n2)cc1C. The highest BCUT2D eigenvalue weighted by molar-refractivity contribution is 5.86. The Balaban J connectivity index is 1.95. The molecule has 0 saturated carbocycles. The molecule has 3 aromatic rings. The topological polar surface area (TPSA) is 64.1 Å². The lowest BCUT2D eigenvalue weighted by Gasteiger charge is -2.10. The maximum absolute atomic E-state index is 12.8. The first-order valence-electron chi connectivity index (χ1n) is 7.58. The number of carbonyl (C=O) groups excluding carboxylic acids is 1. The van der Waals surface area contributed by atoms with Gasteiger partial charge in [-0.3, -0.25) is 5.32 Å². The third-order valence-corrected chi connectivity index (χ3v) is 3.81. The zero-order chi connectivity index (χ0) is 18.9. The maximum atomic E-state index is 12.8. The third kappa shape index (κ3) is 3.58. The Morgan fingerprint density at radius 1 is 1.15 bits per heavy atom. The summed E-state index contributed by atoms with van der Waals surface area (Å²) >= 11 is 0. The molecule has 8 heteroatoms. The van der Waals surface area contributed by atoms with E-state index in [0.717, 1.165) is 17.7 Å². The lowest BCUT2D eigenvalue weighted by molar-refractivity contribution is -0.137. The molecule has 1 aromatic heterocycles. The number of fused-ring (bicyclic) bond motifs is 1. The van der Waals surface area contributed by atoms with Gasteiger partial charge in [0.15, 0.2) is 5.82 Å². The second-order valence-corrected chi connectivity index (χ2v) is 5.61. The van der Waals surface area contributed by atoms with Gasteiger partial charge in [0.25, 0.3) is 0 Å². The first-order chi connectivity index (χ1) is 12.3. The molecule has 3 rings (SSSR count). The Bertz CT molecular complexity index is 987. The zero-order valence-electron chi connectivity index (χ0n) is 13.9. The van der Waals surface area contributed by atoms with Crippen LogP contribution in [0, 0.1) is 6.92 Å². The number of nitrogens with one attached hydrogen (secondary N) is 1.